The van der Waals surface area contributed by atoms with Crippen LogP contribution in [0.5, 0.6) is 0 Å². The maximum atomic E-state index is 11.4. The lowest BCUT2D eigenvalue weighted by Gasteiger charge is -2.19. The Morgan fingerprint density at radius 1 is 1.57 bits per heavy atom. The van der Waals surface area contributed by atoms with Gasteiger partial charge in [-0.25, -0.2) is 0 Å². The third-order valence-electron chi connectivity index (χ3n) is 2.23. The number of hydrogen-bond acceptors (Lipinski definition) is 4. The summed E-state index contributed by atoms with van der Waals surface area (Å²) in [6.45, 7) is 5.14. The Morgan fingerprint density at radius 3 is 2.57 bits per heavy atom. The van der Waals surface area contributed by atoms with Gasteiger partial charge in [-0.05, 0) is 27.2 Å². The first kappa shape index (κ1) is 11.5. The van der Waals surface area contributed by atoms with Crippen molar-refractivity contribution >= 4 is 5.97 Å². The van der Waals surface area contributed by atoms with E-state index in [9.17, 15) is 9.90 Å². The molecule has 4 heteroatoms. The van der Waals surface area contributed by atoms with Crippen molar-refractivity contribution in [3.63, 3.8) is 0 Å². The Morgan fingerprint density at radius 2 is 2.14 bits per heavy atom. The molecule has 1 aliphatic rings. The average molecular weight is 202 g/mol. The molecule has 0 bridgehead atoms. The number of carbonyl (C=O) groups is 1. The van der Waals surface area contributed by atoms with E-state index in [2.05, 4.69) is 0 Å². The third kappa shape index (κ3) is 2.96. The topological polar surface area (TPSA) is 66.8 Å². The molecule has 2 N–H and O–H groups in total. The van der Waals surface area contributed by atoms with Gasteiger partial charge in [0.05, 0.1) is 18.6 Å². The van der Waals surface area contributed by atoms with Crippen molar-refractivity contribution in [1.29, 1.82) is 0 Å². The molecule has 0 unspecified atom stereocenters. The summed E-state index contributed by atoms with van der Waals surface area (Å²) in [4.78, 5) is 11.4. The van der Waals surface area contributed by atoms with Crippen LogP contribution >= 0.6 is 0 Å². The quantitative estimate of drug-likeness (QED) is 0.647. The zero-order valence-corrected chi connectivity index (χ0v) is 8.86. The van der Waals surface area contributed by atoms with E-state index in [1.165, 1.54) is 0 Å². The molecule has 1 aliphatic carbocycles. The Kier molecular flexibility index (Phi) is 3.17. The van der Waals surface area contributed by atoms with E-state index in [1.54, 1.807) is 0 Å². The van der Waals surface area contributed by atoms with Crippen LogP contribution in [0.2, 0.25) is 0 Å². The highest BCUT2D eigenvalue weighted by molar-refractivity contribution is 5.76. The average Bonchev–Trinajstić information content (AvgIpc) is 2.78. The van der Waals surface area contributed by atoms with E-state index in [1.807, 2.05) is 20.8 Å². The second-order valence-electron chi connectivity index (χ2n) is 4.79. The summed E-state index contributed by atoms with van der Waals surface area (Å²) in [5.41, 5.74) is -0.478. The number of esters is 1. The number of aliphatic hydroxyl groups excluding tert-OH is 2. The fourth-order valence-corrected chi connectivity index (χ4v) is 1.42. The normalized spacial score (nSPS) is 28.4. The molecule has 14 heavy (non-hydrogen) atoms. The second kappa shape index (κ2) is 3.87. The van der Waals surface area contributed by atoms with Gasteiger partial charge >= 0.3 is 5.97 Å². The van der Waals surface area contributed by atoms with Crippen molar-refractivity contribution in [1.82, 2.24) is 0 Å². The molecule has 0 radical (unpaired) electrons. The van der Waals surface area contributed by atoms with E-state index >= 15 is 0 Å². The van der Waals surface area contributed by atoms with Crippen LogP contribution in [0.25, 0.3) is 0 Å². The van der Waals surface area contributed by atoms with Gasteiger partial charge in [0, 0.05) is 5.92 Å². The molecule has 0 aliphatic heterocycles. The lowest BCUT2D eigenvalue weighted by atomic mass is 10.2. The highest BCUT2D eigenvalue weighted by Gasteiger charge is 2.48. The number of rotatable bonds is 3. The molecule has 1 fully saturated rings. The van der Waals surface area contributed by atoms with Gasteiger partial charge in [0.2, 0.25) is 0 Å². The van der Waals surface area contributed by atoms with E-state index in [0.29, 0.717) is 6.42 Å². The van der Waals surface area contributed by atoms with Crippen LogP contribution in [-0.2, 0) is 9.53 Å². The monoisotopic (exact) mass is 202 g/mol. The summed E-state index contributed by atoms with van der Waals surface area (Å²) in [5, 5.41) is 17.9. The molecule has 0 aromatic rings. The van der Waals surface area contributed by atoms with Crippen molar-refractivity contribution in [2.24, 2.45) is 11.8 Å². The molecule has 0 heterocycles. The molecule has 4 nitrogen and oxygen atoms in total. The Bertz CT molecular complexity index is 219. The third-order valence-corrected chi connectivity index (χ3v) is 2.23. The fraction of sp³-hybridized carbons (Fsp3) is 0.900. The summed E-state index contributed by atoms with van der Waals surface area (Å²) in [5.74, 6) is -0.610. The van der Waals surface area contributed by atoms with Crippen molar-refractivity contribution in [2.45, 2.75) is 38.9 Å². The first-order chi connectivity index (χ1) is 6.35. The van der Waals surface area contributed by atoms with Gasteiger partial charge in [-0.15, -0.1) is 0 Å². The molecule has 82 valence electrons. The van der Waals surface area contributed by atoms with Crippen molar-refractivity contribution < 1.29 is 19.7 Å². The van der Waals surface area contributed by atoms with E-state index in [0.717, 1.165) is 0 Å². The van der Waals surface area contributed by atoms with Crippen molar-refractivity contribution in [3.05, 3.63) is 0 Å². The van der Waals surface area contributed by atoms with E-state index in [-0.39, 0.29) is 24.4 Å². The number of carbonyl (C=O) groups excluding carboxylic acids is 1. The largest absolute Gasteiger partial charge is 0.460 e. The molecule has 0 spiro atoms. The smallest absolute Gasteiger partial charge is 0.309 e. The zero-order chi connectivity index (χ0) is 10.9. The summed E-state index contributed by atoms with van der Waals surface area (Å²) in [6.07, 6.45) is -0.163. The van der Waals surface area contributed by atoms with Gasteiger partial charge in [-0.1, -0.05) is 0 Å². The number of aliphatic hydroxyl groups is 2. The molecular formula is C10H18O4. The van der Waals surface area contributed by atoms with Crippen LogP contribution in [-0.4, -0.2) is 34.5 Å². The molecule has 0 amide bonds. The first-order valence-corrected chi connectivity index (χ1v) is 4.87. The highest BCUT2D eigenvalue weighted by atomic mass is 16.6. The molecule has 1 saturated carbocycles. The standard InChI is InChI=1S/C10H18O4/c1-10(2,3)14-9(13)7-4-6(7)8(12)5-11/h6-8,11-12H,4-5H2,1-3H3/t6-,7-,8-/m0/s1. The highest BCUT2D eigenvalue weighted by Crippen LogP contribution is 2.42. The molecule has 0 aromatic heterocycles. The minimum Gasteiger partial charge on any atom is -0.460 e. The van der Waals surface area contributed by atoms with Crippen molar-refractivity contribution in [2.75, 3.05) is 6.61 Å². The molecular weight excluding hydrogens is 184 g/mol. The lowest BCUT2D eigenvalue weighted by molar-refractivity contribution is -0.157. The van der Waals surface area contributed by atoms with Crippen molar-refractivity contribution in [3.8, 4) is 0 Å². The van der Waals surface area contributed by atoms with Crippen LogP contribution in [0.3, 0.4) is 0 Å². The number of hydrogen-bond donors (Lipinski definition) is 2. The maximum Gasteiger partial charge on any atom is 0.309 e. The van der Waals surface area contributed by atoms with E-state index in [4.69, 9.17) is 9.84 Å². The molecule has 0 saturated heterocycles. The molecule has 0 aromatic carbocycles. The lowest BCUT2D eigenvalue weighted by Crippen LogP contribution is -2.26. The fourth-order valence-electron chi connectivity index (χ4n) is 1.42. The van der Waals surface area contributed by atoms with Gasteiger partial charge in [0.1, 0.15) is 5.60 Å². The van der Waals surface area contributed by atoms with Crippen LogP contribution in [0.4, 0.5) is 0 Å². The minimum atomic E-state index is -0.785. The van der Waals surface area contributed by atoms with Crippen LogP contribution in [0.1, 0.15) is 27.2 Å². The predicted octanol–water partition coefficient (Wildman–Crippen LogP) is 0.317. The van der Waals surface area contributed by atoms with Crippen LogP contribution in [0.15, 0.2) is 0 Å². The number of ether oxygens (including phenoxy) is 1. The summed E-state index contributed by atoms with van der Waals surface area (Å²) in [6, 6.07) is 0. The molecule has 1 rings (SSSR count). The zero-order valence-electron chi connectivity index (χ0n) is 8.86. The predicted molar refractivity (Wildman–Crippen MR) is 50.5 cm³/mol. The Hall–Kier alpha value is -0.610. The molecule has 3 atom stereocenters. The van der Waals surface area contributed by atoms with Gasteiger partial charge in [-0.3, -0.25) is 4.79 Å². The van der Waals surface area contributed by atoms with Crippen LogP contribution < -0.4 is 0 Å². The summed E-state index contributed by atoms with van der Waals surface area (Å²) < 4.78 is 5.15. The minimum absolute atomic E-state index is 0.116. The van der Waals surface area contributed by atoms with Gasteiger partial charge in [-0.2, -0.15) is 0 Å². The summed E-state index contributed by atoms with van der Waals surface area (Å²) >= 11 is 0. The van der Waals surface area contributed by atoms with Crippen LogP contribution in [0, 0.1) is 11.8 Å². The maximum absolute atomic E-state index is 11.4. The summed E-state index contributed by atoms with van der Waals surface area (Å²) in [7, 11) is 0. The Balaban J connectivity index is 2.36. The SMILES string of the molecule is CC(C)(C)OC(=O)[C@H]1C[C@@H]1[C@@H](O)CO. The first-order valence-electron chi connectivity index (χ1n) is 4.87. The van der Waals surface area contributed by atoms with Gasteiger partial charge in [0.25, 0.3) is 0 Å². The van der Waals surface area contributed by atoms with E-state index < -0.39 is 11.7 Å². The Labute approximate surface area is 83.9 Å². The van der Waals surface area contributed by atoms with Gasteiger partial charge < -0.3 is 14.9 Å². The van der Waals surface area contributed by atoms with Gasteiger partial charge in [0.15, 0.2) is 0 Å². The second-order valence-corrected chi connectivity index (χ2v) is 4.79.